The highest BCUT2D eigenvalue weighted by Gasteiger charge is 2.14. The van der Waals surface area contributed by atoms with Crippen molar-refractivity contribution in [3.8, 4) is 11.3 Å². The van der Waals surface area contributed by atoms with Gasteiger partial charge in [0.05, 0.1) is 5.69 Å². The number of pyridine rings is 1. The zero-order valence-electron chi connectivity index (χ0n) is 17.7. The van der Waals surface area contributed by atoms with Crippen molar-refractivity contribution in [2.75, 3.05) is 61.8 Å². The van der Waals surface area contributed by atoms with Gasteiger partial charge in [0.2, 0.25) is 5.95 Å². The van der Waals surface area contributed by atoms with Crippen molar-refractivity contribution in [3.05, 3.63) is 54.9 Å². The van der Waals surface area contributed by atoms with Crippen molar-refractivity contribution >= 4 is 35.5 Å². The Kier molecular flexibility index (Phi) is 8.00. The second-order valence-electron chi connectivity index (χ2n) is 7.38. The van der Waals surface area contributed by atoms with Gasteiger partial charge >= 0.3 is 0 Å². The topological polar surface area (TPSA) is 95.2 Å². The smallest absolute Gasteiger partial charge is 0.227 e. The van der Waals surface area contributed by atoms with Crippen LogP contribution in [0.3, 0.4) is 0 Å². The molecule has 9 heteroatoms. The van der Waals surface area contributed by atoms with Crippen molar-refractivity contribution in [2.45, 2.75) is 0 Å². The van der Waals surface area contributed by atoms with Crippen LogP contribution >= 0.6 is 12.4 Å². The first-order valence-corrected chi connectivity index (χ1v) is 10.3. The molecule has 0 bridgehead atoms. The zero-order valence-corrected chi connectivity index (χ0v) is 18.5. The lowest BCUT2D eigenvalue weighted by Crippen LogP contribution is -2.44. The average molecular weight is 441 g/mol. The number of benzene rings is 1. The summed E-state index contributed by atoms with van der Waals surface area (Å²) < 4.78 is 0. The van der Waals surface area contributed by atoms with Crippen molar-refractivity contribution in [2.24, 2.45) is 5.73 Å². The highest BCUT2D eigenvalue weighted by atomic mass is 35.5. The molecule has 1 aliphatic heterocycles. The predicted octanol–water partition coefficient (Wildman–Crippen LogP) is 2.83. The normalized spacial score (nSPS) is 14.1. The molecule has 0 unspecified atom stereocenters. The van der Waals surface area contributed by atoms with Crippen LogP contribution in [-0.4, -0.2) is 66.2 Å². The van der Waals surface area contributed by atoms with Gasteiger partial charge in [-0.15, -0.1) is 12.4 Å². The van der Waals surface area contributed by atoms with E-state index in [0.717, 1.165) is 48.9 Å². The van der Waals surface area contributed by atoms with Crippen LogP contribution in [0.5, 0.6) is 0 Å². The summed E-state index contributed by atoms with van der Waals surface area (Å²) in [5, 5.41) is 6.46. The number of likely N-dealkylation sites (N-methyl/N-ethyl adjacent to an activating group) is 1. The molecule has 1 saturated heterocycles. The van der Waals surface area contributed by atoms with E-state index in [4.69, 9.17) is 5.73 Å². The number of nitrogens with one attached hydrogen (secondary N) is 2. The van der Waals surface area contributed by atoms with Crippen LogP contribution in [0.25, 0.3) is 11.3 Å². The minimum absolute atomic E-state index is 0. The van der Waals surface area contributed by atoms with Crippen LogP contribution in [-0.2, 0) is 0 Å². The molecule has 1 fully saturated rings. The molecule has 3 aromatic rings. The molecule has 4 rings (SSSR count). The molecule has 0 saturated carbocycles. The molecular weight excluding hydrogens is 412 g/mol. The fourth-order valence-electron chi connectivity index (χ4n) is 3.38. The van der Waals surface area contributed by atoms with E-state index in [1.807, 2.05) is 18.2 Å². The van der Waals surface area contributed by atoms with E-state index >= 15 is 0 Å². The number of halogens is 1. The Balaban J connectivity index is 0.00000272. The third-order valence-electron chi connectivity index (χ3n) is 5.16. The summed E-state index contributed by atoms with van der Waals surface area (Å²) in [6.45, 7) is 5.58. The fraction of sp³-hybridized carbons (Fsp3) is 0.318. The maximum atomic E-state index is 5.51. The van der Waals surface area contributed by atoms with E-state index in [1.165, 1.54) is 5.69 Å². The van der Waals surface area contributed by atoms with Crippen LogP contribution < -0.4 is 21.3 Å². The van der Waals surface area contributed by atoms with Gasteiger partial charge in [-0.3, -0.25) is 0 Å². The van der Waals surface area contributed by atoms with Crippen molar-refractivity contribution < 1.29 is 0 Å². The second kappa shape index (κ2) is 10.9. The first kappa shape index (κ1) is 22.7. The molecular formula is C22H29ClN8. The monoisotopic (exact) mass is 440 g/mol. The largest absolute Gasteiger partial charge is 0.369 e. The minimum Gasteiger partial charge on any atom is -0.369 e. The SMILES string of the molecule is CN1CCN(c2ccc(Nc3nccc(-c4ccc(NCCN)nc4)n3)cc2)CC1.Cl. The number of nitrogens with two attached hydrogens (primary N) is 1. The number of hydrogen-bond acceptors (Lipinski definition) is 8. The zero-order chi connectivity index (χ0) is 20.8. The Morgan fingerprint density at radius 1 is 0.968 bits per heavy atom. The third kappa shape index (κ3) is 6.04. The average Bonchev–Trinajstić information content (AvgIpc) is 2.79. The first-order chi connectivity index (χ1) is 14.7. The van der Waals surface area contributed by atoms with Gasteiger partial charge in [0.25, 0.3) is 0 Å². The maximum Gasteiger partial charge on any atom is 0.227 e. The van der Waals surface area contributed by atoms with Gasteiger partial charge in [-0.2, -0.15) is 0 Å². The molecule has 2 aromatic heterocycles. The molecule has 0 aliphatic carbocycles. The molecule has 164 valence electrons. The van der Waals surface area contributed by atoms with Gasteiger partial charge in [0, 0.05) is 68.6 Å². The van der Waals surface area contributed by atoms with Crippen LogP contribution in [0, 0.1) is 0 Å². The summed E-state index contributed by atoms with van der Waals surface area (Å²) >= 11 is 0. The third-order valence-corrected chi connectivity index (χ3v) is 5.16. The lowest BCUT2D eigenvalue weighted by atomic mass is 10.2. The molecule has 0 spiro atoms. The fourth-order valence-corrected chi connectivity index (χ4v) is 3.38. The molecule has 8 nitrogen and oxygen atoms in total. The molecule has 4 N–H and O–H groups in total. The number of hydrogen-bond donors (Lipinski definition) is 3. The van der Waals surface area contributed by atoms with Crippen LogP contribution in [0.15, 0.2) is 54.9 Å². The quantitative estimate of drug-likeness (QED) is 0.516. The van der Waals surface area contributed by atoms with E-state index in [1.54, 1.807) is 12.4 Å². The van der Waals surface area contributed by atoms with Gasteiger partial charge in [-0.25, -0.2) is 15.0 Å². The van der Waals surface area contributed by atoms with E-state index in [9.17, 15) is 0 Å². The Bertz CT molecular complexity index is 940. The van der Waals surface area contributed by atoms with Crippen LogP contribution in [0.1, 0.15) is 0 Å². The summed E-state index contributed by atoms with van der Waals surface area (Å²) in [4.78, 5) is 18.2. The highest BCUT2D eigenvalue weighted by molar-refractivity contribution is 5.85. The van der Waals surface area contributed by atoms with E-state index in [-0.39, 0.29) is 12.4 Å². The van der Waals surface area contributed by atoms with Crippen molar-refractivity contribution in [1.29, 1.82) is 0 Å². The second-order valence-corrected chi connectivity index (χ2v) is 7.38. The molecule has 0 atom stereocenters. The number of anilines is 4. The van der Waals surface area contributed by atoms with E-state index in [0.29, 0.717) is 19.0 Å². The Hall–Kier alpha value is -2.94. The number of piperazine rings is 1. The Morgan fingerprint density at radius 2 is 1.74 bits per heavy atom. The van der Waals surface area contributed by atoms with Crippen molar-refractivity contribution in [1.82, 2.24) is 19.9 Å². The summed E-state index contributed by atoms with van der Waals surface area (Å²) in [7, 11) is 2.17. The van der Waals surface area contributed by atoms with Gasteiger partial charge in [0.15, 0.2) is 0 Å². The Labute approximate surface area is 189 Å². The summed E-state index contributed by atoms with van der Waals surface area (Å²) in [6, 6.07) is 14.2. The highest BCUT2D eigenvalue weighted by Crippen LogP contribution is 2.23. The van der Waals surface area contributed by atoms with Crippen LogP contribution in [0.4, 0.5) is 23.1 Å². The van der Waals surface area contributed by atoms with E-state index < -0.39 is 0 Å². The van der Waals surface area contributed by atoms with E-state index in [2.05, 4.69) is 66.7 Å². The maximum absolute atomic E-state index is 5.51. The number of rotatable bonds is 7. The molecule has 3 heterocycles. The molecule has 1 aromatic carbocycles. The molecule has 0 radical (unpaired) electrons. The summed E-state index contributed by atoms with van der Waals surface area (Å²) in [5.41, 5.74) is 9.47. The van der Waals surface area contributed by atoms with Crippen molar-refractivity contribution in [3.63, 3.8) is 0 Å². The number of nitrogens with zero attached hydrogens (tertiary/aromatic N) is 5. The molecule has 31 heavy (non-hydrogen) atoms. The van der Waals surface area contributed by atoms with Crippen LogP contribution in [0.2, 0.25) is 0 Å². The van der Waals surface area contributed by atoms with Gasteiger partial charge in [0.1, 0.15) is 5.82 Å². The summed E-state index contributed by atoms with van der Waals surface area (Å²) in [5.74, 6) is 1.36. The number of aromatic nitrogens is 3. The summed E-state index contributed by atoms with van der Waals surface area (Å²) in [6.07, 6.45) is 3.56. The lowest BCUT2D eigenvalue weighted by Gasteiger charge is -2.34. The predicted molar refractivity (Wildman–Crippen MR) is 129 cm³/mol. The first-order valence-electron chi connectivity index (χ1n) is 10.3. The standard InChI is InChI=1S/C22H28N8.ClH/c1-29-12-14-30(15-13-29)19-5-3-18(4-6-19)27-22-25-10-8-20(28-22)17-2-7-21(26-16-17)24-11-9-23;/h2-8,10,16H,9,11-15,23H2,1H3,(H,24,26)(H,25,27,28);1H. The van der Waals surface area contributed by atoms with Gasteiger partial charge in [-0.1, -0.05) is 0 Å². The molecule has 0 amide bonds. The lowest BCUT2D eigenvalue weighted by molar-refractivity contribution is 0.313. The molecule has 1 aliphatic rings. The van der Waals surface area contributed by atoms with Gasteiger partial charge < -0.3 is 26.2 Å². The van der Waals surface area contributed by atoms with Gasteiger partial charge in [-0.05, 0) is 49.5 Å². The minimum atomic E-state index is 0. The Morgan fingerprint density at radius 3 is 2.42 bits per heavy atom.